The zero-order valence-corrected chi connectivity index (χ0v) is 17.1. The predicted molar refractivity (Wildman–Crippen MR) is 112 cm³/mol. The Balaban J connectivity index is 1.39. The smallest absolute Gasteiger partial charge is 0.206 e. The lowest BCUT2D eigenvalue weighted by atomic mass is 9.90. The minimum atomic E-state index is -3.68. The summed E-state index contributed by atoms with van der Waals surface area (Å²) in [6.45, 7) is 2.09. The second-order valence-electron chi connectivity index (χ2n) is 7.58. The van der Waals surface area contributed by atoms with E-state index in [2.05, 4.69) is 10.3 Å². The number of piperidine rings is 1. The molecule has 3 heterocycles. The zero-order valence-electron chi connectivity index (χ0n) is 16.3. The monoisotopic (exact) mass is 422 g/mol. The van der Waals surface area contributed by atoms with Crippen molar-refractivity contribution in [1.29, 1.82) is 0 Å². The van der Waals surface area contributed by atoms with Crippen molar-refractivity contribution in [1.82, 2.24) is 10.3 Å². The Bertz CT molecular complexity index is 1160. The maximum Gasteiger partial charge on any atom is 0.206 e. The Hall–Kier alpha value is -2.90. The third-order valence-corrected chi connectivity index (χ3v) is 7.42. The van der Waals surface area contributed by atoms with Crippen LogP contribution in [0.3, 0.4) is 0 Å². The highest BCUT2D eigenvalue weighted by Crippen LogP contribution is 2.42. The summed E-state index contributed by atoms with van der Waals surface area (Å²) in [5.74, 6) is 1.52. The number of rotatable bonds is 5. The van der Waals surface area contributed by atoms with Crippen molar-refractivity contribution in [2.75, 3.05) is 13.1 Å². The molecule has 2 atom stereocenters. The first-order valence-electron chi connectivity index (χ1n) is 9.99. The molecule has 6 nitrogen and oxygen atoms in total. The van der Waals surface area contributed by atoms with Crippen LogP contribution in [0.5, 0.6) is 11.5 Å². The average Bonchev–Trinajstić information content (AvgIpc) is 3.16. The number of aromatic nitrogens is 1. The summed E-state index contributed by atoms with van der Waals surface area (Å²) < 4.78 is 38.3. The van der Waals surface area contributed by atoms with Crippen LogP contribution in [0.1, 0.15) is 23.5 Å². The summed E-state index contributed by atoms with van der Waals surface area (Å²) in [4.78, 5) is 4.42. The van der Waals surface area contributed by atoms with Crippen LogP contribution in [0, 0.1) is 0 Å². The summed E-state index contributed by atoms with van der Waals surface area (Å²) in [5, 5.41) is 3.33. The van der Waals surface area contributed by atoms with Crippen LogP contribution in [0.4, 0.5) is 0 Å². The van der Waals surface area contributed by atoms with E-state index in [0.717, 1.165) is 30.6 Å². The molecule has 5 rings (SSSR count). The summed E-state index contributed by atoms with van der Waals surface area (Å²) in [7, 11) is -3.68. The highest BCUT2D eigenvalue weighted by Gasteiger charge is 2.36. The molecule has 0 amide bonds. The maximum absolute atomic E-state index is 13.2. The lowest BCUT2D eigenvalue weighted by Gasteiger charge is -2.24. The van der Waals surface area contributed by atoms with Crippen molar-refractivity contribution in [3.05, 3.63) is 78.1 Å². The van der Waals surface area contributed by atoms with Crippen molar-refractivity contribution >= 4 is 9.84 Å². The van der Waals surface area contributed by atoms with E-state index in [4.69, 9.17) is 9.47 Å². The van der Waals surface area contributed by atoms with Gasteiger partial charge in [-0.3, -0.25) is 4.98 Å². The minimum absolute atomic E-state index is 0.0802. The summed E-state index contributed by atoms with van der Waals surface area (Å²) in [6.07, 6.45) is 4.47. The molecular formula is C23H22N2O4S. The van der Waals surface area contributed by atoms with Gasteiger partial charge in [0.15, 0.2) is 0 Å². The van der Waals surface area contributed by atoms with E-state index in [1.807, 2.05) is 18.2 Å². The number of nitrogens with one attached hydrogen (secondary N) is 1. The SMILES string of the molecule is O=S(=O)(c1cccc(OCc2ccncc2)c1)c1ccc2c(c1)OC1CNCCC21. The molecule has 30 heavy (non-hydrogen) atoms. The van der Waals surface area contributed by atoms with E-state index in [9.17, 15) is 8.42 Å². The molecule has 0 saturated carbocycles. The van der Waals surface area contributed by atoms with E-state index in [0.29, 0.717) is 24.0 Å². The highest BCUT2D eigenvalue weighted by molar-refractivity contribution is 7.91. The minimum Gasteiger partial charge on any atom is -0.489 e. The molecule has 1 fully saturated rings. The molecule has 0 aliphatic carbocycles. The van der Waals surface area contributed by atoms with Gasteiger partial charge in [-0.2, -0.15) is 0 Å². The van der Waals surface area contributed by atoms with Gasteiger partial charge in [0.1, 0.15) is 24.2 Å². The third kappa shape index (κ3) is 3.55. The molecule has 1 saturated heterocycles. The van der Waals surface area contributed by atoms with Crippen molar-refractivity contribution in [2.24, 2.45) is 0 Å². The number of benzene rings is 2. The summed E-state index contributed by atoms with van der Waals surface area (Å²) in [6, 6.07) is 15.6. The Kier molecular flexibility index (Phi) is 4.92. The number of pyridine rings is 1. The zero-order chi connectivity index (χ0) is 20.6. The maximum atomic E-state index is 13.2. The molecule has 7 heteroatoms. The number of nitrogens with zero attached hydrogens (tertiary/aromatic N) is 1. The van der Waals surface area contributed by atoms with Gasteiger partial charge in [-0.1, -0.05) is 12.1 Å². The molecule has 1 N–H and O–H groups in total. The van der Waals surface area contributed by atoms with Gasteiger partial charge in [0, 0.05) is 30.4 Å². The molecule has 2 aromatic carbocycles. The third-order valence-electron chi connectivity index (χ3n) is 5.67. The lowest BCUT2D eigenvalue weighted by Crippen LogP contribution is -2.39. The molecule has 154 valence electrons. The first-order chi connectivity index (χ1) is 14.6. The number of hydrogen-bond acceptors (Lipinski definition) is 6. The normalized spacial score (nSPS) is 20.1. The van der Waals surface area contributed by atoms with Crippen LogP contribution in [-0.2, 0) is 16.4 Å². The standard InChI is InChI=1S/C23H22N2O4S/c26-30(27,18-3-1-2-17(12-18)28-15-16-6-9-24-10-7-16)19-4-5-20-21-8-11-25-14-23(21)29-22(20)13-19/h1-7,9-10,12-13,21,23,25H,8,11,14-15H2. The van der Waals surface area contributed by atoms with E-state index in [-0.39, 0.29) is 15.9 Å². The van der Waals surface area contributed by atoms with Crippen molar-refractivity contribution in [3.63, 3.8) is 0 Å². The highest BCUT2D eigenvalue weighted by atomic mass is 32.2. The Morgan fingerprint density at radius 2 is 1.90 bits per heavy atom. The second-order valence-corrected chi connectivity index (χ2v) is 9.53. The van der Waals surface area contributed by atoms with Gasteiger partial charge in [-0.25, -0.2) is 8.42 Å². The van der Waals surface area contributed by atoms with E-state index >= 15 is 0 Å². The van der Waals surface area contributed by atoms with Gasteiger partial charge >= 0.3 is 0 Å². The van der Waals surface area contributed by atoms with Gasteiger partial charge in [-0.15, -0.1) is 0 Å². The fourth-order valence-corrected chi connectivity index (χ4v) is 5.39. The average molecular weight is 423 g/mol. The van der Waals surface area contributed by atoms with Gasteiger partial charge in [0.05, 0.1) is 9.79 Å². The second kappa shape index (κ2) is 7.74. The van der Waals surface area contributed by atoms with Crippen LogP contribution in [0.25, 0.3) is 0 Å². The topological polar surface area (TPSA) is 77.5 Å². The number of ether oxygens (including phenoxy) is 2. The summed E-state index contributed by atoms with van der Waals surface area (Å²) >= 11 is 0. The quantitative estimate of drug-likeness (QED) is 0.680. The van der Waals surface area contributed by atoms with Crippen molar-refractivity contribution in [3.8, 4) is 11.5 Å². The van der Waals surface area contributed by atoms with Gasteiger partial charge in [-0.05, 0) is 61.0 Å². The Morgan fingerprint density at radius 3 is 2.77 bits per heavy atom. The van der Waals surface area contributed by atoms with Crippen LogP contribution >= 0.6 is 0 Å². The van der Waals surface area contributed by atoms with Crippen molar-refractivity contribution in [2.45, 2.75) is 34.8 Å². The van der Waals surface area contributed by atoms with E-state index in [1.165, 1.54) is 0 Å². The molecule has 1 aromatic heterocycles. The largest absolute Gasteiger partial charge is 0.489 e. The van der Waals surface area contributed by atoms with Crippen LogP contribution in [0.2, 0.25) is 0 Å². The predicted octanol–water partition coefficient (Wildman–Crippen LogP) is 3.33. The van der Waals surface area contributed by atoms with E-state index in [1.54, 1.807) is 48.8 Å². The Labute approximate surface area is 175 Å². The number of fused-ring (bicyclic) bond motifs is 3. The molecule has 2 unspecified atom stereocenters. The Morgan fingerprint density at radius 1 is 1.07 bits per heavy atom. The molecule has 2 aliphatic heterocycles. The van der Waals surface area contributed by atoms with Gasteiger partial charge in [0.2, 0.25) is 9.84 Å². The van der Waals surface area contributed by atoms with E-state index < -0.39 is 9.84 Å². The molecule has 0 radical (unpaired) electrons. The van der Waals surface area contributed by atoms with Crippen LogP contribution in [-0.4, -0.2) is 32.6 Å². The fraction of sp³-hybridized carbons (Fsp3) is 0.261. The van der Waals surface area contributed by atoms with Crippen LogP contribution in [0.15, 0.2) is 76.8 Å². The molecule has 0 spiro atoms. The fourth-order valence-electron chi connectivity index (χ4n) is 4.08. The molecule has 2 aliphatic rings. The van der Waals surface area contributed by atoms with Crippen LogP contribution < -0.4 is 14.8 Å². The molecule has 0 bridgehead atoms. The number of sulfone groups is 1. The van der Waals surface area contributed by atoms with Gasteiger partial charge < -0.3 is 14.8 Å². The number of hydrogen-bond donors (Lipinski definition) is 1. The summed E-state index contributed by atoms with van der Waals surface area (Å²) in [5.41, 5.74) is 2.07. The first kappa shape index (κ1) is 19.1. The first-order valence-corrected chi connectivity index (χ1v) is 11.5. The van der Waals surface area contributed by atoms with Crippen molar-refractivity contribution < 1.29 is 17.9 Å². The molecule has 3 aromatic rings. The molecular weight excluding hydrogens is 400 g/mol. The van der Waals surface area contributed by atoms with Gasteiger partial charge in [0.25, 0.3) is 0 Å². The lowest BCUT2D eigenvalue weighted by molar-refractivity contribution is 0.176.